The molecule has 24 heavy (non-hydrogen) atoms. The van der Waals surface area contributed by atoms with Crippen LogP contribution in [0.1, 0.15) is 21.5 Å². The number of fused-ring (bicyclic) bond motifs is 1. The monoisotopic (exact) mass is 325 g/mol. The summed E-state index contributed by atoms with van der Waals surface area (Å²) in [6.07, 6.45) is 2.56. The van der Waals surface area contributed by atoms with E-state index in [0.29, 0.717) is 24.0 Å². The van der Waals surface area contributed by atoms with Gasteiger partial charge in [-0.25, -0.2) is 4.98 Å². The molecule has 126 valence electrons. The molecular weight excluding hydrogens is 302 g/mol. The van der Waals surface area contributed by atoms with Gasteiger partial charge >= 0.3 is 0 Å². The molecule has 0 unspecified atom stereocenters. The second-order valence-corrected chi connectivity index (χ2v) is 6.31. The zero-order valence-corrected chi connectivity index (χ0v) is 14.4. The molecule has 0 aliphatic carbocycles. The Morgan fingerprint density at radius 1 is 1.33 bits per heavy atom. The third kappa shape index (κ3) is 3.41. The number of nitrogens with zero attached hydrogens (tertiary/aromatic N) is 3. The Morgan fingerprint density at radius 3 is 2.83 bits per heavy atom. The van der Waals surface area contributed by atoms with Gasteiger partial charge in [0.25, 0.3) is 5.91 Å². The summed E-state index contributed by atoms with van der Waals surface area (Å²) in [6.45, 7) is 1.61. The van der Waals surface area contributed by atoms with Crippen LogP contribution in [0.15, 0.2) is 42.6 Å². The van der Waals surface area contributed by atoms with Crippen LogP contribution in [0.5, 0.6) is 5.88 Å². The maximum atomic E-state index is 12.7. The molecule has 1 atom stereocenters. The Kier molecular flexibility index (Phi) is 4.81. The lowest BCUT2D eigenvalue weighted by Crippen LogP contribution is -2.46. The van der Waals surface area contributed by atoms with E-state index < -0.39 is 0 Å². The normalized spacial score (nSPS) is 17.2. The van der Waals surface area contributed by atoms with Crippen molar-refractivity contribution < 1.29 is 9.53 Å². The standard InChI is InChI=1S/C19H23N3O2/c1-21-12-16-7-5-4-6-14(16)10-17(21)13-22(2)19(23)15-8-9-20-18(11-15)24-3/h4-9,11,17H,10,12-13H2,1-3H3/t17-/m0/s1. The SMILES string of the molecule is COc1cc(C(=O)N(C)C[C@@H]2Cc3ccccc3CN2C)ccn1. The van der Waals surface area contributed by atoms with Crippen LogP contribution < -0.4 is 4.74 Å². The van der Waals surface area contributed by atoms with E-state index in [0.717, 1.165) is 13.0 Å². The number of hydrogen-bond donors (Lipinski definition) is 0. The van der Waals surface area contributed by atoms with Crippen molar-refractivity contribution in [3.63, 3.8) is 0 Å². The molecule has 1 aliphatic rings. The van der Waals surface area contributed by atoms with E-state index in [1.54, 1.807) is 30.3 Å². The molecule has 1 amide bonds. The number of carbonyl (C=O) groups excluding carboxylic acids is 1. The van der Waals surface area contributed by atoms with Gasteiger partial charge in [0.15, 0.2) is 0 Å². The average molecular weight is 325 g/mol. The maximum Gasteiger partial charge on any atom is 0.253 e. The van der Waals surface area contributed by atoms with E-state index in [1.807, 2.05) is 7.05 Å². The minimum Gasteiger partial charge on any atom is -0.481 e. The number of pyridine rings is 1. The first kappa shape index (κ1) is 16.5. The van der Waals surface area contributed by atoms with Crippen molar-refractivity contribution in [3.05, 3.63) is 59.3 Å². The van der Waals surface area contributed by atoms with Crippen LogP contribution in [0.25, 0.3) is 0 Å². The van der Waals surface area contributed by atoms with Crippen LogP contribution in [0.3, 0.4) is 0 Å². The molecule has 5 heteroatoms. The number of hydrogen-bond acceptors (Lipinski definition) is 4. The predicted octanol–water partition coefficient (Wildman–Crippen LogP) is 2.22. The Balaban J connectivity index is 1.70. The summed E-state index contributed by atoms with van der Waals surface area (Å²) in [7, 11) is 5.52. The third-order valence-electron chi connectivity index (χ3n) is 4.64. The topological polar surface area (TPSA) is 45.7 Å². The molecule has 3 rings (SSSR count). The first-order valence-corrected chi connectivity index (χ1v) is 8.11. The summed E-state index contributed by atoms with van der Waals surface area (Å²) in [5.41, 5.74) is 3.36. The molecule has 0 saturated carbocycles. The van der Waals surface area contributed by atoms with Crippen molar-refractivity contribution in [3.8, 4) is 5.88 Å². The second kappa shape index (κ2) is 7.01. The van der Waals surface area contributed by atoms with Gasteiger partial charge in [-0.2, -0.15) is 0 Å². The van der Waals surface area contributed by atoms with E-state index in [4.69, 9.17) is 4.74 Å². The van der Waals surface area contributed by atoms with Crippen molar-refractivity contribution in [2.24, 2.45) is 0 Å². The fourth-order valence-electron chi connectivity index (χ4n) is 3.20. The number of benzene rings is 1. The average Bonchev–Trinajstić information content (AvgIpc) is 2.61. The summed E-state index contributed by atoms with van der Waals surface area (Å²) >= 11 is 0. The van der Waals surface area contributed by atoms with Gasteiger partial charge in [0.05, 0.1) is 7.11 Å². The van der Waals surface area contributed by atoms with E-state index in [-0.39, 0.29) is 5.91 Å². The maximum absolute atomic E-state index is 12.7. The third-order valence-corrected chi connectivity index (χ3v) is 4.64. The van der Waals surface area contributed by atoms with Gasteiger partial charge < -0.3 is 9.64 Å². The molecule has 0 bridgehead atoms. The minimum absolute atomic E-state index is 0.0111. The molecule has 2 heterocycles. The van der Waals surface area contributed by atoms with Gasteiger partial charge in [0.1, 0.15) is 0 Å². The van der Waals surface area contributed by atoms with Crippen LogP contribution in [0, 0.1) is 0 Å². The minimum atomic E-state index is -0.0111. The van der Waals surface area contributed by atoms with Gasteiger partial charge in [-0.1, -0.05) is 24.3 Å². The Bertz CT molecular complexity index is 732. The molecule has 1 aromatic carbocycles. The quantitative estimate of drug-likeness (QED) is 0.865. The molecule has 0 saturated heterocycles. The zero-order valence-electron chi connectivity index (χ0n) is 14.4. The molecule has 0 spiro atoms. The summed E-state index contributed by atoms with van der Waals surface area (Å²) in [6, 6.07) is 12.3. The predicted molar refractivity (Wildman–Crippen MR) is 93.2 cm³/mol. The highest BCUT2D eigenvalue weighted by Crippen LogP contribution is 2.22. The van der Waals surface area contributed by atoms with Gasteiger partial charge in [-0.3, -0.25) is 9.69 Å². The first-order chi connectivity index (χ1) is 11.6. The molecule has 2 aromatic rings. The lowest BCUT2D eigenvalue weighted by atomic mass is 9.94. The number of methoxy groups -OCH3 is 1. The number of likely N-dealkylation sites (N-methyl/N-ethyl adjacent to an activating group) is 2. The van der Waals surface area contributed by atoms with Crippen LogP contribution in [0.2, 0.25) is 0 Å². The van der Waals surface area contributed by atoms with Gasteiger partial charge in [0, 0.05) is 44.0 Å². The molecular formula is C19H23N3O2. The molecule has 1 aromatic heterocycles. The largest absolute Gasteiger partial charge is 0.481 e. The fourth-order valence-corrected chi connectivity index (χ4v) is 3.20. The highest BCUT2D eigenvalue weighted by molar-refractivity contribution is 5.94. The van der Waals surface area contributed by atoms with E-state index in [2.05, 4.69) is 41.2 Å². The number of amides is 1. The zero-order chi connectivity index (χ0) is 17.1. The molecule has 0 N–H and O–H groups in total. The Morgan fingerprint density at radius 2 is 2.08 bits per heavy atom. The van der Waals surface area contributed by atoms with Crippen LogP contribution >= 0.6 is 0 Å². The molecule has 1 aliphatic heterocycles. The van der Waals surface area contributed by atoms with Crippen molar-refractivity contribution in [1.82, 2.24) is 14.8 Å². The van der Waals surface area contributed by atoms with E-state index in [1.165, 1.54) is 11.1 Å². The summed E-state index contributed by atoms with van der Waals surface area (Å²) < 4.78 is 5.10. The van der Waals surface area contributed by atoms with Crippen LogP contribution in [-0.2, 0) is 13.0 Å². The van der Waals surface area contributed by atoms with Gasteiger partial charge in [-0.05, 0) is 30.7 Å². The van der Waals surface area contributed by atoms with Gasteiger partial charge in [-0.15, -0.1) is 0 Å². The molecule has 0 radical (unpaired) electrons. The smallest absolute Gasteiger partial charge is 0.253 e. The van der Waals surface area contributed by atoms with Crippen molar-refractivity contribution in [2.75, 3.05) is 27.7 Å². The number of ether oxygens (including phenoxy) is 1. The van der Waals surface area contributed by atoms with Crippen LogP contribution in [-0.4, -0.2) is 54.5 Å². The summed E-state index contributed by atoms with van der Waals surface area (Å²) in [5, 5.41) is 0. The van der Waals surface area contributed by atoms with Gasteiger partial charge in [0.2, 0.25) is 5.88 Å². The highest BCUT2D eigenvalue weighted by Gasteiger charge is 2.25. The Hall–Kier alpha value is -2.40. The fraction of sp³-hybridized carbons (Fsp3) is 0.368. The van der Waals surface area contributed by atoms with E-state index in [9.17, 15) is 4.79 Å². The lowest BCUT2D eigenvalue weighted by Gasteiger charge is -2.36. The highest BCUT2D eigenvalue weighted by atomic mass is 16.5. The Labute approximate surface area is 142 Å². The summed E-state index contributed by atoms with van der Waals surface area (Å²) in [4.78, 5) is 20.8. The second-order valence-electron chi connectivity index (χ2n) is 6.31. The molecule has 5 nitrogen and oxygen atoms in total. The van der Waals surface area contributed by atoms with E-state index >= 15 is 0 Å². The van der Waals surface area contributed by atoms with Crippen LogP contribution in [0.4, 0.5) is 0 Å². The number of carbonyl (C=O) groups is 1. The van der Waals surface area contributed by atoms with Crippen molar-refractivity contribution in [2.45, 2.75) is 19.0 Å². The van der Waals surface area contributed by atoms with Crippen molar-refractivity contribution in [1.29, 1.82) is 0 Å². The summed E-state index contributed by atoms with van der Waals surface area (Å²) in [5.74, 6) is 0.445. The molecule has 0 fully saturated rings. The van der Waals surface area contributed by atoms with Crippen molar-refractivity contribution >= 4 is 5.91 Å². The number of rotatable bonds is 4. The first-order valence-electron chi connectivity index (χ1n) is 8.11. The lowest BCUT2D eigenvalue weighted by molar-refractivity contribution is 0.0733. The number of aromatic nitrogens is 1.